The third-order valence-electron chi connectivity index (χ3n) is 4.70. The number of anilines is 3. The molecule has 30 heavy (non-hydrogen) atoms. The Morgan fingerprint density at radius 2 is 2.07 bits per heavy atom. The third-order valence-corrected chi connectivity index (χ3v) is 5.20. The second kappa shape index (κ2) is 9.75. The van der Waals surface area contributed by atoms with Gasteiger partial charge in [0, 0.05) is 54.3 Å². The van der Waals surface area contributed by atoms with Crippen LogP contribution in [-0.4, -0.2) is 58.5 Å². The Morgan fingerprint density at radius 1 is 1.20 bits per heavy atom. The fourth-order valence-electron chi connectivity index (χ4n) is 3.20. The topological polar surface area (TPSA) is 95.1 Å². The minimum Gasteiger partial charge on any atom is -0.340 e. The zero-order valence-corrected chi connectivity index (χ0v) is 17.9. The van der Waals surface area contributed by atoms with E-state index in [2.05, 4.69) is 51.7 Å². The summed E-state index contributed by atoms with van der Waals surface area (Å²) in [6.07, 6.45) is 6.55. The number of nitrogens with one attached hydrogen (secondary N) is 3. The normalized spacial score (nSPS) is 14.8. The molecule has 154 valence electrons. The van der Waals surface area contributed by atoms with Gasteiger partial charge in [0.05, 0.1) is 11.7 Å². The Hall–Kier alpha value is -2.88. The van der Waals surface area contributed by atoms with E-state index in [0.29, 0.717) is 17.2 Å². The molecular weight excluding hydrogens is 446 g/mol. The van der Waals surface area contributed by atoms with Gasteiger partial charge in [0.2, 0.25) is 5.91 Å². The minimum absolute atomic E-state index is 0.213. The lowest BCUT2D eigenvalue weighted by Crippen LogP contribution is -2.43. The summed E-state index contributed by atoms with van der Waals surface area (Å²) in [6.45, 7) is 4.71. The smallest absolute Gasteiger partial charge is 0.249 e. The first kappa shape index (κ1) is 20.4. The number of amides is 1. The minimum atomic E-state index is -0.213. The lowest BCUT2D eigenvalue weighted by molar-refractivity contribution is -0.111. The number of hydrogen-bond donors (Lipinski definition) is 3. The number of nitrogens with zero attached hydrogens (tertiary/aromatic N) is 4. The molecule has 3 aromatic rings. The first-order valence-corrected chi connectivity index (χ1v) is 10.5. The maximum Gasteiger partial charge on any atom is 0.249 e. The van der Waals surface area contributed by atoms with Gasteiger partial charge in [-0.3, -0.25) is 9.69 Å². The third kappa shape index (κ3) is 5.38. The SMILES string of the molecule is O=C(C=CCN1CCNCC1)Nc1cc2c(Nc3cccc(Br)c3)ncnc2cn1. The number of benzene rings is 1. The van der Waals surface area contributed by atoms with Crippen LogP contribution in [0, 0.1) is 0 Å². The zero-order valence-electron chi connectivity index (χ0n) is 16.3. The zero-order chi connectivity index (χ0) is 20.8. The van der Waals surface area contributed by atoms with Crippen molar-refractivity contribution >= 4 is 50.1 Å². The summed E-state index contributed by atoms with van der Waals surface area (Å²) in [5, 5.41) is 10.2. The Kier molecular flexibility index (Phi) is 6.63. The van der Waals surface area contributed by atoms with Gasteiger partial charge in [0.1, 0.15) is 18.0 Å². The van der Waals surface area contributed by atoms with Gasteiger partial charge >= 0.3 is 0 Å². The number of hydrogen-bond acceptors (Lipinski definition) is 7. The Labute approximate surface area is 182 Å². The van der Waals surface area contributed by atoms with E-state index in [4.69, 9.17) is 0 Å². The molecule has 1 fully saturated rings. The molecule has 9 heteroatoms. The van der Waals surface area contributed by atoms with Crippen LogP contribution in [0.15, 0.2) is 59.5 Å². The van der Waals surface area contributed by atoms with Crippen molar-refractivity contribution in [2.24, 2.45) is 0 Å². The molecule has 3 N–H and O–H groups in total. The quantitative estimate of drug-likeness (QED) is 0.479. The molecule has 0 aliphatic carbocycles. The van der Waals surface area contributed by atoms with Gasteiger partial charge in [0.15, 0.2) is 0 Å². The van der Waals surface area contributed by atoms with Crippen LogP contribution in [-0.2, 0) is 4.79 Å². The number of piperazine rings is 1. The summed E-state index contributed by atoms with van der Waals surface area (Å²) >= 11 is 3.47. The molecule has 1 saturated heterocycles. The molecule has 0 atom stereocenters. The van der Waals surface area contributed by atoms with E-state index in [9.17, 15) is 4.79 Å². The Morgan fingerprint density at radius 3 is 2.90 bits per heavy atom. The van der Waals surface area contributed by atoms with Crippen LogP contribution in [0.4, 0.5) is 17.3 Å². The van der Waals surface area contributed by atoms with Crippen LogP contribution >= 0.6 is 15.9 Å². The number of carbonyl (C=O) groups is 1. The fraction of sp³-hybridized carbons (Fsp3) is 0.238. The number of pyridine rings is 1. The summed E-state index contributed by atoms with van der Waals surface area (Å²) in [7, 11) is 0. The number of aromatic nitrogens is 3. The molecule has 0 saturated carbocycles. The second-order valence-corrected chi connectivity index (χ2v) is 7.80. The summed E-state index contributed by atoms with van der Waals surface area (Å²) in [4.78, 5) is 27.5. The maximum absolute atomic E-state index is 12.3. The molecule has 4 rings (SSSR count). The maximum atomic E-state index is 12.3. The van der Waals surface area contributed by atoms with Crippen molar-refractivity contribution in [3.8, 4) is 0 Å². The summed E-state index contributed by atoms with van der Waals surface area (Å²) in [5.41, 5.74) is 1.58. The molecule has 2 aromatic heterocycles. The van der Waals surface area contributed by atoms with E-state index in [0.717, 1.165) is 48.3 Å². The van der Waals surface area contributed by atoms with E-state index >= 15 is 0 Å². The standard InChI is InChI=1S/C21H22BrN7O/c22-15-3-1-4-16(11-15)27-21-17-12-19(24-13-18(17)25-14-26-21)28-20(30)5-2-8-29-9-6-23-7-10-29/h1-5,11-14,23H,6-10H2,(H,24,28,30)(H,25,26,27). The summed E-state index contributed by atoms with van der Waals surface area (Å²) < 4.78 is 0.966. The first-order chi connectivity index (χ1) is 14.7. The number of rotatable bonds is 6. The van der Waals surface area contributed by atoms with Gasteiger partial charge in [-0.15, -0.1) is 0 Å². The van der Waals surface area contributed by atoms with Crippen LogP contribution in [0.25, 0.3) is 10.9 Å². The van der Waals surface area contributed by atoms with Crippen molar-refractivity contribution in [3.63, 3.8) is 0 Å². The number of fused-ring (bicyclic) bond motifs is 1. The van der Waals surface area contributed by atoms with Crippen LogP contribution in [0.1, 0.15) is 0 Å². The van der Waals surface area contributed by atoms with Crippen molar-refractivity contribution in [1.29, 1.82) is 0 Å². The monoisotopic (exact) mass is 467 g/mol. The van der Waals surface area contributed by atoms with E-state index in [1.807, 2.05) is 30.3 Å². The Bertz CT molecular complexity index is 1070. The molecule has 0 spiro atoms. The predicted molar refractivity (Wildman–Crippen MR) is 122 cm³/mol. The number of carbonyl (C=O) groups excluding carboxylic acids is 1. The van der Waals surface area contributed by atoms with Gasteiger partial charge in [-0.25, -0.2) is 15.0 Å². The lowest BCUT2D eigenvalue weighted by atomic mass is 10.2. The van der Waals surface area contributed by atoms with Crippen molar-refractivity contribution in [2.45, 2.75) is 0 Å². The average molecular weight is 468 g/mol. The van der Waals surface area contributed by atoms with Crippen LogP contribution in [0.5, 0.6) is 0 Å². The largest absolute Gasteiger partial charge is 0.340 e. The van der Waals surface area contributed by atoms with E-state index in [1.165, 1.54) is 6.33 Å². The molecule has 0 bridgehead atoms. The van der Waals surface area contributed by atoms with Gasteiger partial charge in [0.25, 0.3) is 0 Å². The lowest BCUT2D eigenvalue weighted by Gasteiger charge is -2.25. The highest BCUT2D eigenvalue weighted by atomic mass is 79.9. The molecular formula is C21H22BrN7O. The van der Waals surface area contributed by atoms with Gasteiger partial charge in [-0.1, -0.05) is 28.1 Å². The van der Waals surface area contributed by atoms with Crippen molar-refractivity contribution in [2.75, 3.05) is 43.4 Å². The molecule has 8 nitrogen and oxygen atoms in total. The van der Waals surface area contributed by atoms with Gasteiger partial charge < -0.3 is 16.0 Å². The van der Waals surface area contributed by atoms with Gasteiger partial charge in [-0.05, 0) is 24.3 Å². The highest BCUT2D eigenvalue weighted by Gasteiger charge is 2.09. The Balaban J connectivity index is 1.46. The highest BCUT2D eigenvalue weighted by Crippen LogP contribution is 2.25. The van der Waals surface area contributed by atoms with Crippen LogP contribution < -0.4 is 16.0 Å². The van der Waals surface area contributed by atoms with Crippen molar-refractivity contribution < 1.29 is 4.79 Å². The second-order valence-electron chi connectivity index (χ2n) is 6.89. The van der Waals surface area contributed by atoms with Crippen molar-refractivity contribution in [1.82, 2.24) is 25.2 Å². The molecule has 0 radical (unpaired) electrons. The summed E-state index contributed by atoms with van der Waals surface area (Å²) in [6, 6.07) is 9.58. The molecule has 0 unspecified atom stereocenters. The predicted octanol–water partition coefficient (Wildman–Crippen LogP) is 2.93. The molecule has 1 aliphatic heterocycles. The van der Waals surface area contributed by atoms with Crippen molar-refractivity contribution in [3.05, 3.63) is 59.5 Å². The average Bonchev–Trinajstić information content (AvgIpc) is 2.75. The summed E-state index contributed by atoms with van der Waals surface area (Å²) in [5.74, 6) is 0.881. The first-order valence-electron chi connectivity index (χ1n) is 9.71. The van der Waals surface area contributed by atoms with Crippen LogP contribution in [0.2, 0.25) is 0 Å². The highest BCUT2D eigenvalue weighted by molar-refractivity contribution is 9.10. The van der Waals surface area contributed by atoms with Gasteiger partial charge in [-0.2, -0.15) is 0 Å². The molecule has 1 aromatic carbocycles. The molecule has 1 amide bonds. The molecule has 1 aliphatic rings. The van der Waals surface area contributed by atoms with Crippen LogP contribution in [0.3, 0.4) is 0 Å². The number of halogens is 1. The fourth-order valence-corrected chi connectivity index (χ4v) is 3.60. The van der Waals surface area contributed by atoms with E-state index in [1.54, 1.807) is 18.3 Å². The molecule has 3 heterocycles. The van der Waals surface area contributed by atoms with E-state index in [-0.39, 0.29) is 5.91 Å². The van der Waals surface area contributed by atoms with E-state index < -0.39 is 0 Å².